The molecule has 0 atom stereocenters. The largest absolute Gasteiger partial charge is 0.310 e. The zero-order chi connectivity index (χ0) is 38.2. The normalized spacial score (nSPS) is 11.8. The Balaban J connectivity index is 1.01. The molecular formula is C54H35N3S. The lowest BCUT2D eigenvalue weighted by Gasteiger charge is -2.27. The van der Waals surface area contributed by atoms with Crippen LogP contribution in [0.25, 0.3) is 86.3 Å². The Hall–Kier alpha value is -7.40. The molecule has 0 radical (unpaired) electrons. The van der Waals surface area contributed by atoms with Crippen molar-refractivity contribution in [2.75, 3.05) is 4.90 Å². The Morgan fingerprint density at radius 2 is 0.828 bits per heavy atom. The first-order valence-corrected chi connectivity index (χ1v) is 20.6. The third kappa shape index (κ3) is 5.05. The summed E-state index contributed by atoms with van der Waals surface area (Å²) >= 11 is 1.86. The Labute approximate surface area is 339 Å². The maximum atomic E-state index is 2.45. The monoisotopic (exact) mass is 757 g/mol. The van der Waals surface area contributed by atoms with Crippen LogP contribution in [0.1, 0.15) is 0 Å². The smallest absolute Gasteiger partial charge is 0.0562 e. The molecule has 0 unspecified atom stereocenters. The summed E-state index contributed by atoms with van der Waals surface area (Å²) in [5, 5.41) is 7.57. The van der Waals surface area contributed by atoms with E-state index >= 15 is 0 Å². The van der Waals surface area contributed by atoms with E-state index in [0.717, 1.165) is 28.4 Å². The standard InChI is InChI=1S/C54H35N3S/c1-2-13-38(14-3-1)57-49-21-10-6-18-45(49)54-50(22-12-23-51(54)57)55(41-33-34-53-46(35-41)44-17-7-11-24-52(44)58-53)39-29-25-36(26-30-39)37-27-31-40(32-28-37)56-47-19-8-4-15-42(47)43-16-5-9-20-48(43)56/h1-35H. The number of hydrogen-bond donors (Lipinski definition) is 0. The molecule has 0 N–H and O–H groups in total. The second-order valence-corrected chi connectivity index (χ2v) is 16.0. The topological polar surface area (TPSA) is 13.1 Å². The predicted molar refractivity (Wildman–Crippen MR) is 248 cm³/mol. The Morgan fingerprint density at radius 3 is 1.53 bits per heavy atom. The van der Waals surface area contributed by atoms with Crippen molar-refractivity contribution in [2.24, 2.45) is 0 Å². The van der Waals surface area contributed by atoms with E-state index in [9.17, 15) is 0 Å². The van der Waals surface area contributed by atoms with Crippen LogP contribution in [0.15, 0.2) is 212 Å². The maximum absolute atomic E-state index is 2.45. The molecule has 3 nitrogen and oxygen atoms in total. The lowest BCUT2D eigenvalue weighted by molar-refractivity contribution is 1.18. The molecule has 12 aromatic rings. The van der Waals surface area contributed by atoms with Crippen molar-refractivity contribution in [3.63, 3.8) is 0 Å². The molecular weight excluding hydrogens is 723 g/mol. The predicted octanol–water partition coefficient (Wildman–Crippen LogP) is 15.4. The zero-order valence-electron chi connectivity index (χ0n) is 31.5. The van der Waals surface area contributed by atoms with Gasteiger partial charge in [-0.15, -0.1) is 11.3 Å². The highest BCUT2D eigenvalue weighted by Crippen LogP contribution is 2.46. The molecule has 9 aromatic carbocycles. The van der Waals surface area contributed by atoms with Crippen molar-refractivity contribution in [1.29, 1.82) is 0 Å². The van der Waals surface area contributed by atoms with Gasteiger partial charge in [-0.3, -0.25) is 0 Å². The molecule has 3 aromatic heterocycles. The molecule has 0 aliphatic carbocycles. The van der Waals surface area contributed by atoms with Gasteiger partial charge < -0.3 is 14.0 Å². The molecule has 0 saturated heterocycles. The first-order valence-electron chi connectivity index (χ1n) is 19.8. The Kier molecular flexibility index (Phi) is 7.40. The first kappa shape index (κ1) is 32.8. The van der Waals surface area contributed by atoms with Crippen molar-refractivity contribution < 1.29 is 0 Å². The van der Waals surface area contributed by atoms with Crippen LogP contribution >= 0.6 is 11.3 Å². The SMILES string of the molecule is c1ccc(-n2c3ccccc3c3c(N(c4ccc(-c5ccc(-n6c7ccccc7c7ccccc76)cc5)cc4)c4ccc5sc6ccccc6c5c4)cccc32)cc1. The number of rotatable bonds is 6. The van der Waals surface area contributed by atoms with Crippen LogP contribution in [0, 0.1) is 0 Å². The minimum absolute atomic E-state index is 1.11. The number of hydrogen-bond acceptors (Lipinski definition) is 2. The van der Waals surface area contributed by atoms with Gasteiger partial charge in [-0.1, -0.05) is 121 Å². The molecule has 3 heterocycles. The Morgan fingerprint density at radius 1 is 0.328 bits per heavy atom. The quantitative estimate of drug-likeness (QED) is 0.165. The fourth-order valence-corrected chi connectivity index (χ4v) is 10.2. The fourth-order valence-electron chi connectivity index (χ4n) is 9.13. The molecule has 4 heteroatoms. The van der Waals surface area contributed by atoms with Gasteiger partial charge in [0, 0.05) is 64.5 Å². The van der Waals surface area contributed by atoms with Crippen LogP contribution in [0.2, 0.25) is 0 Å². The summed E-state index contributed by atoms with van der Waals surface area (Å²) in [6.45, 7) is 0. The van der Waals surface area contributed by atoms with Gasteiger partial charge in [0.1, 0.15) is 0 Å². The average molecular weight is 758 g/mol. The number of anilines is 3. The highest BCUT2D eigenvalue weighted by molar-refractivity contribution is 7.25. The van der Waals surface area contributed by atoms with E-state index in [1.807, 2.05) is 11.3 Å². The van der Waals surface area contributed by atoms with Crippen LogP contribution in [0.5, 0.6) is 0 Å². The highest BCUT2D eigenvalue weighted by atomic mass is 32.1. The van der Waals surface area contributed by atoms with Crippen LogP contribution in [0.3, 0.4) is 0 Å². The summed E-state index contributed by atoms with van der Waals surface area (Å²) in [5.74, 6) is 0. The number of aromatic nitrogens is 2. The van der Waals surface area contributed by atoms with Crippen molar-refractivity contribution >= 4 is 92.2 Å². The highest BCUT2D eigenvalue weighted by Gasteiger charge is 2.22. The van der Waals surface area contributed by atoms with E-state index in [1.165, 1.54) is 74.9 Å². The van der Waals surface area contributed by atoms with E-state index in [1.54, 1.807) is 0 Å². The molecule has 0 amide bonds. The van der Waals surface area contributed by atoms with Gasteiger partial charge >= 0.3 is 0 Å². The molecule has 272 valence electrons. The molecule has 0 aliphatic heterocycles. The van der Waals surface area contributed by atoms with Gasteiger partial charge in [-0.25, -0.2) is 0 Å². The lowest BCUT2D eigenvalue weighted by atomic mass is 10.0. The molecule has 0 saturated carbocycles. The number of benzene rings is 9. The summed E-state index contributed by atoms with van der Waals surface area (Å²) in [7, 11) is 0. The van der Waals surface area contributed by atoms with Crippen molar-refractivity contribution in [3.8, 4) is 22.5 Å². The molecule has 12 rings (SSSR count). The Bertz CT molecular complexity index is 3440. The van der Waals surface area contributed by atoms with E-state index in [0.29, 0.717) is 0 Å². The molecule has 0 aliphatic rings. The molecule has 0 spiro atoms. The molecule has 0 bridgehead atoms. The summed E-state index contributed by atoms with van der Waals surface area (Å²) in [6, 6.07) is 77.4. The summed E-state index contributed by atoms with van der Waals surface area (Å²) in [5.41, 5.74) is 12.8. The van der Waals surface area contributed by atoms with Crippen molar-refractivity contribution in [3.05, 3.63) is 212 Å². The van der Waals surface area contributed by atoms with E-state index in [2.05, 4.69) is 226 Å². The second-order valence-electron chi connectivity index (χ2n) is 14.9. The van der Waals surface area contributed by atoms with Crippen LogP contribution in [-0.4, -0.2) is 9.13 Å². The van der Waals surface area contributed by atoms with E-state index in [-0.39, 0.29) is 0 Å². The van der Waals surface area contributed by atoms with Crippen molar-refractivity contribution in [1.82, 2.24) is 9.13 Å². The number of fused-ring (bicyclic) bond motifs is 9. The van der Waals surface area contributed by atoms with Gasteiger partial charge in [0.2, 0.25) is 0 Å². The third-order valence-electron chi connectivity index (χ3n) is 11.7. The van der Waals surface area contributed by atoms with Gasteiger partial charge in [0.05, 0.1) is 27.8 Å². The third-order valence-corrected chi connectivity index (χ3v) is 12.9. The minimum Gasteiger partial charge on any atom is -0.310 e. The van der Waals surface area contributed by atoms with E-state index in [4.69, 9.17) is 0 Å². The summed E-state index contributed by atoms with van der Waals surface area (Å²) in [4.78, 5) is 2.45. The lowest BCUT2D eigenvalue weighted by Crippen LogP contribution is -2.10. The van der Waals surface area contributed by atoms with Gasteiger partial charge in [0.15, 0.2) is 0 Å². The van der Waals surface area contributed by atoms with Crippen LogP contribution in [0.4, 0.5) is 17.1 Å². The number of thiophene rings is 1. The number of para-hydroxylation sites is 4. The zero-order valence-corrected chi connectivity index (χ0v) is 32.3. The van der Waals surface area contributed by atoms with Gasteiger partial charge in [0.25, 0.3) is 0 Å². The van der Waals surface area contributed by atoms with Crippen LogP contribution in [-0.2, 0) is 0 Å². The van der Waals surface area contributed by atoms with Gasteiger partial charge in [-0.2, -0.15) is 0 Å². The number of nitrogens with zero attached hydrogens (tertiary/aromatic N) is 3. The molecule has 0 fully saturated rings. The first-order chi connectivity index (χ1) is 28.8. The summed E-state index contributed by atoms with van der Waals surface area (Å²) < 4.78 is 7.37. The summed E-state index contributed by atoms with van der Waals surface area (Å²) in [6.07, 6.45) is 0. The maximum Gasteiger partial charge on any atom is 0.0562 e. The van der Waals surface area contributed by atoms with Crippen LogP contribution < -0.4 is 4.90 Å². The fraction of sp³-hybridized carbons (Fsp3) is 0. The minimum atomic E-state index is 1.11. The second kappa shape index (κ2) is 13.1. The van der Waals surface area contributed by atoms with Crippen molar-refractivity contribution in [2.45, 2.75) is 0 Å². The van der Waals surface area contributed by atoms with E-state index < -0.39 is 0 Å². The average Bonchev–Trinajstić information content (AvgIpc) is 3.95. The molecule has 58 heavy (non-hydrogen) atoms. The van der Waals surface area contributed by atoms with Gasteiger partial charge in [-0.05, 0) is 102 Å².